The minimum absolute atomic E-state index is 0.833. The van der Waals surface area contributed by atoms with Gasteiger partial charge in [-0.3, -0.25) is 0 Å². The van der Waals surface area contributed by atoms with Crippen LogP contribution in [0, 0.1) is 6.92 Å². The predicted octanol–water partition coefficient (Wildman–Crippen LogP) is 2.51. The normalized spacial score (nSPS) is 14.2. The Morgan fingerprint density at radius 2 is 2.00 bits per heavy atom. The van der Waals surface area contributed by atoms with E-state index in [0.717, 1.165) is 28.9 Å². The lowest BCUT2D eigenvalue weighted by Crippen LogP contribution is -2.13. The Bertz CT molecular complexity index is 598. The molecule has 0 N–H and O–H groups in total. The fourth-order valence-corrected chi connectivity index (χ4v) is 2.78. The average molecular weight is 258 g/mol. The maximum Gasteiger partial charge on any atom is 0.212 e. The first-order valence-corrected chi connectivity index (χ1v) is 6.98. The van der Waals surface area contributed by atoms with Crippen LogP contribution in [0.2, 0.25) is 0 Å². The van der Waals surface area contributed by atoms with Crippen molar-refractivity contribution in [1.82, 2.24) is 14.9 Å². The Morgan fingerprint density at radius 1 is 1.22 bits per heavy atom. The molecule has 1 aliphatic rings. The Kier molecular flexibility index (Phi) is 2.91. The third-order valence-corrected chi connectivity index (χ3v) is 3.95. The molecule has 0 fully saturated rings. The van der Waals surface area contributed by atoms with Gasteiger partial charge in [-0.15, -0.1) is 10.2 Å². The lowest BCUT2D eigenvalue weighted by Gasteiger charge is -2.13. The Hall–Kier alpha value is -1.62. The largest absolute Gasteiger partial charge is 0.212 e. The van der Waals surface area contributed by atoms with Crippen LogP contribution < -0.4 is 0 Å². The molecule has 0 bridgehead atoms. The van der Waals surface area contributed by atoms with Gasteiger partial charge in [-0.25, -0.2) is 0 Å². The van der Waals surface area contributed by atoms with Crippen LogP contribution in [0.1, 0.15) is 23.9 Å². The highest BCUT2D eigenvalue weighted by molar-refractivity contribution is 7.99. The van der Waals surface area contributed by atoms with Gasteiger partial charge in [0.05, 0.1) is 5.71 Å². The summed E-state index contributed by atoms with van der Waals surface area (Å²) in [5, 5.41) is 13.6. The van der Waals surface area contributed by atoms with Crippen LogP contribution in [0.4, 0.5) is 0 Å². The van der Waals surface area contributed by atoms with Crippen LogP contribution in [-0.2, 0) is 6.42 Å². The molecule has 92 valence electrons. The van der Waals surface area contributed by atoms with E-state index in [-0.39, 0.29) is 0 Å². The molecule has 2 heterocycles. The van der Waals surface area contributed by atoms with Crippen LogP contribution in [0.25, 0.3) is 0 Å². The van der Waals surface area contributed by atoms with Gasteiger partial charge in [0.25, 0.3) is 0 Å². The standard InChI is InChI=1S/C13H14N4S/c1-3-10-4-6-11(7-5-10)12-8-18-13-15-14-9(2)17(13)16-12/h4-7H,3,8H2,1-2H3. The van der Waals surface area contributed by atoms with Gasteiger partial charge in [-0.1, -0.05) is 43.0 Å². The molecule has 5 heteroatoms. The zero-order chi connectivity index (χ0) is 12.5. The van der Waals surface area contributed by atoms with E-state index in [1.807, 2.05) is 11.6 Å². The number of nitrogens with zero attached hydrogens (tertiary/aromatic N) is 4. The van der Waals surface area contributed by atoms with E-state index >= 15 is 0 Å². The molecule has 1 aromatic carbocycles. The number of hydrogen-bond acceptors (Lipinski definition) is 4. The molecule has 0 radical (unpaired) electrons. The lowest BCUT2D eigenvalue weighted by molar-refractivity contribution is 0.734. The zero-order valence-corrected chi connectivity index (χ0v) is 11.2. The first-order valence-electron chi connectivity index (χ1n) is 6.00. The lowest BCUT2D eigenvalue weighted by atomic mass is 10.1. The van der Waals surface area contributed by atoms with Crippen LogP contribution in [0.5, 0.6) is 0 Å². The molecular formula is C13H14N4S. The molecule has 0 amide bonds. The van der Waals surface area contributed by atoms with Crippen molar-refractivity contribution in [3.63, 3.8) is 0 Å². The molecule has 3 rings (SSSR count). The first-order chi connectivity index (χ1) is 8.78. The predicted molar refractivity (Wildman–Crippen MR) is 73.2 cm³/mol. The second kappa shape index (κ2) is 4.57. The monoisotopic (exact) mass is 258 g/mol. The van der Waals surface area contributed by atoms with Crippen LogP contribution in [0.15, 0.2) is 34.5 Å². The molecule has 0 unspecified atom stereocenters. The van der Waals surface area contributed by atoms with Crippen molar-refractivity contribution in [2.75, 3.05) is 5.75 Å². The highest BCUT2D eigenvalue weighted by atomic mass is 32.2. The molecule has 2 aromatic rings. The van der Waals surface area contributed by atoms with Gasteiger partial charge in [0.1, 0.15) is 0 Å². The highest BCUT2D eigenvalue weighted by Gasteiger charge is 2.17. The summed E-state index contributed by atoms with van der Waals surface area (Å²) in [6.07, 6.45) is 1.07. The molecule has 0 saturated heterocycles. The van der Waals surface area contributed by atoms with E-state index in [4.69, 9.17) is 0 Å². The molecular weight excluding hydrogens is 244 g/mol. The summed E-state index contributed by atoms with van der Waals surface area (Å²) < 4.78 is 1.82. The number of rotatable bonds is 2. The quantitative estimate of drug-likeness (QED) is 0.831. The molecule has 0 saturated carbocycles. The minimum Gasteiger partial charge on any atom is -0.191 e. The Morgan fingerprint density at radius 3 is 2.72 bits per heavy atom. The molecule has 0 atom stereocenters. The smallest absolute Gasteiger partial charge is 0.191 e. The number of fused-ring (bicyclic) bond motifs is 1. The van der Waals surface area contributed by atoms with Crippen molar-refractivity contribution in [2.24, 2.45) is 5.10 Å². The summed E-state index contributed by atoms with van der Waals surface area (Å²) in [6.45, 7) is 4.08. The maximum absolute atomic E-state index is 4.62. The van der Waals surface area contributed by atoms with Gasteiger partial charge >= 0.3 is 0 Å². The van der Waals surface area contributed by atoms with Gasteiger partial charge < -0.3 is 0 Å². The van der Waals surface area contributed by atoms with Crippen molar-refractivity contribution in [1.29, 1.82) is 0 Å². The van der Waals surface area contributed by atoms with Gasteiger partial charge in [0.15, 0.2) is 5.82 Å². The molecule has 18 heavy (non-hydrogen) atoms. The van der Waals surface area contributed by atoms with E-state index < -0.39 is 0 Å². The van der Waals surface area contributed by atoms with Gasteiger partial charge in [0.2, 0.25) is 5.16 Å². The Labute approximate surface area is 110 Å². The molecule has 1 aromatic heterocycles. The molecule has 0 spiro atoms. The maximum atomic E-state index is 4.62. The van der Waals surface area contributed by atoms with Gasteiger partial charge in [0, 0.05) is 5.75 Å². The van der Waals surface area contributed by atoms with Crippen molar-refractivity contribution < 1.29 is 0 Å². The topological polar surface area (TPSA) is 43.1 Å². The summed E-state index contributed by atoms with van der Waals surface area (Å²) in [5.41, 5.74) is 3.61. The number of thioether (sulfide) groups is 1. The fraction of sp³-hybridized carbons (Fsp3) is 0.308. The van der Waals surface area contributed by atoms with E-state index in [0.29, 0.717) is 0 Å². The van der Waals surface area contributed by atoms with Crippen LogP contribution >= 0.6 is 11.8 Å². The van der Waals surface area contributed by atoms with Crippen molar-refractivity contribution in [3.05, 3.63) is 41.2 Å². The van der Waals surface area contributed by atoms with Crippen molar-refractivity contribution >= 4 is 17.5 Å². The molecule has 4 nitrogen and oxygen atoms in total. The highest BCUT2D eigenvalue weighted by Crippen LogP contribution is 2.23. The molecule has 1 aliphatic heterocycles. The Balaban J connectivity index is 1.98. The summed E-state index contributed by atoms with van der Waals surface area (Å²) in [4.78, 5) is 0. The van der Waals surface area contributed by atoms with E-state index in [9.17, 15) is 0 Å². The molecule has 0 aliphatic carbocycles. The van der Waals surface area contributed by atoms with Gasteiger partial charge in [-0.05, 0) is 24.5 Å². The van der Waals surface area contributed by atoms with Gasteiger partial charge in [-0.2, -0.15) is 9.78 Å². The second-order valence-electron chi connectivity index (χ2n) is 4.23. The van der Waals surface area contributed by atoms with Crippen LogP contribution in [0.3, 0.4) is 0 Å². The van der Waals surface area contributed by atoms with Crippen LogP contribution in [-0.4, -0.2) is 26.3 Å². The summed E-state index contributed by atoms with van der Waals surface area (Å²) in [7, 11) is 0. The number of benzene rings is 1. The fourth-order valence-electron chi connectivity index (χ4n) is 1.90. The third kappa shape index (κ3) is 1.95. The van der Waals surface area contributed by atoms with Crippen molar-refractivity contribution in [2.45, 2.75) is 25.4 Å². The van der Waals surface area contributed by atoms with E-state index in [2.05, 4.69) is 46.5 Å². The summed E-state index contributed by atoms with van der Waals surface area (Å²) in [6, 6.07) is 8.61. The zero-order valence-electron chi connectivity index (χ0n) is 10.4. The minimum atomic E-state index is 0.833. The number of hydrogen-bond donors (Lipinski definition) is 0. The summed E-state index contributed by atoms with van der Waals surface area (Å²) in [5.74, 6) is 1.68. The van der Waals surface area contributed by atoms with Crippen molar-refractivity contribution in [3.8, 4) is 0 Å². The van der Waals surface area contributed by atoms with E-state index in [1.165, 1.54) is 11.1 Å². The third-order valence-electron chi connectivity index (χ3n) is 3.02. The number of aromatic nitrogens is 3. The first kappa shape index (κ1) is 11.5. The second-order valence-corrected chi connectivity index (χ2v) is 5.17. The summed E-state index contributed by atoms with van der Waals surface area (Å²) >= 11 is 1.68. The average Bonchev–Trinajstić information content (AvgIpc) is 2.80. The van der Waals surface area contributed by atoms with E-state index in [1.54, 1.807) is 11.8 Å². The number of aryl methyl sites for hydroxylation is 2. The SMILES string of the molecule is CCc1ccc(C2=Nn3c(C)nnc3SC2)cc1.